The SMILES string of the molecule is CCCc1nnsc1-c1nnc(/C=C/C(=O)O)o1. The molecule has 0 aromatic carbocycles. The molecule has 0 saturated heterocycles. The number of aliphatic carboxylic acids is 1. The Labute approximate surface area is 106 Å². The van der Waals surface area contributed by atoms with Crippen molar-refractivity contribution in [3.8, 4) is 10.8 Å². The summed E-state index contributed by atoms with van der Waals surface area (Å²) in [6.45, 7) is 2.04. The van der Waals surface area contributed by atoms with E-state index < -0.39 is 5.97 Å². The molecule has 2 heterocycles. The van der Waals surface area contributed by atoms with Crippen LogP contribution in [0.5, 0.6) is 0 Å². The van der Waals surface area contributed by atoms with Crippen LogP contribution in [-0.2, 0) is 11.2 Å². The molecule has 2 aromatic rings. The molecule has 2 aromatic heterocycles. The Morgan fingerprint density at radius 2 is 2.28 bits per heavy atom. The number of carboxylic acid groups (broad SMARTS) is 1. The molecule has 0 unspecified atom stereocenters. The maximum Gasteiger partial charge on any atom is 0.328 e. The fourth-order valence-corrected chi connectivity index (χ4v) is 1.94. The number of aromatic nitrogens is 4. The number of aryl methyl sites for hydroxylation is 1. The van der Waals surface area contributed by atoms with Crippen molar-refractivity contribution in [2.45, 2.75) is 19.8 Å². The quantitative estimate of drug-likeness (QED) is 0.820. The van der Waals surface area contributed by atoms with Crippen molar-refractivity contribution in [3.05, 3.63) is 17.7 Å². The van der Waals surface area contributed by atoms with Crippen molar-refractivity contribution >= 4 is 23.6 Å². The second-order valence-electron chi connectivity index (χ2n) is 3.42. The summed E-state index contributed by atoms with van der Waals surface area (Å²) in [5.74, 6) is -0.609. The minimum atomic E-state index is -1.07. The predicted molar refractivity (Wildman–Crippen MR) is 63.9 cm³/mol. The van der Waals surface area contributed by atoms with E-state index in [0.29, 0.717) is 5.89 Å². The molecule has 18 heavy (non-hydrogen) atoms. The van der Waals surface area contributed by atoms with Gasteiger partial charge < -0.3 is 9.52 Å². The summed E-state index contributed by atoms with van der Waals surface area (Å²) in [5, 5.41) is 20.1. The van der Waals surface area contributed by atoms with Crippen LogP contribution in [0.4, 0.5) is 0 Å². The zero-order valence-electron chi connectivity index (χ0n) is 9.53. The van der Waals surface area contributed by atoms with Gasteiger partial charge >= 0.3 is 5.97 Å². The molecule has 1 N–H and O–H groups in total. The molecular formula is C10H10N4O3S. The van der Waals surface area contributed by atoms with Crippen molar-refractivity contribution in [1.29, 1.82) is 0 Å². The van der Waals surface area contributed by atoms with Crippen molar-refractivity contribution in [3.63, 3.8) is 0 Å². The Morgan fingerprint density at radius 1 is 1.44 bits per heavy atom. The van der Waals surface area contributed by atoms with E-state index in [1.54, 1.807) is 0 Å². The predicted octanol–water partition coefficient (Wildman–Crippen LogP) is 1.64. The third-order valence-electron chi connectivity index (χ3n) is 2.05. The molecular weight excluding hydrogens is 256 g/mol. The van der Waals surface area contributed by atoms with Gasteiger partial charge in [0.05, 0.1) is 5.69 Å². The first-order valence-electron chi connectivity index (χ1n) is 5.26. The standard InChI is InChI=1S/C10H10N4O3S/c1-2-3-6-9(18-14-11-6)10-13-12-7(17-10)4-5-8(15)16/h4-5H,2-3H2,1H3,(H,15,16)/b5-4+. The van der Waals surface area contributed by atoms with Crippen LogP contribution in [-0.4, -0.2) is 30.9 Å². The molecule has 7 nitrogen and oxygen atoms in total. The summed E-state index contributed by atoms with van der Waals surface area (Å²) in [6.07, 6.45) is 3.91. The molecule has 8 heteroatoms. The first-order valence-corrected chi connectivity index (χ1v) is 6.04. The topological polar surface area (TPSA) is 102 Å². The lowest BCUT2D eigenvalue weighted by atomic mass is 10.2. The van der Waals surface area contributed by atoms with E-state index in [2.05, 4.69) is 19.8 Å². The van der Waals surface area contributed by atoms with E-state index in [-0.39, 0.29) is 5.89 Å². The Balaban J connectivity index is 2.23. The lowest BCUT2D eigenvalue weighted by Crippen LogP contribution is -1.87. The molecule has 0 radical (unpaired) electrons. The highest BCUT2D eigenvalue weighted by atomic mass is 32.1. The number of carboxylic acids is 1. The van der Waals surface area contributed by atoms with Crippen molar-refractivity contribution < 1.29 is 14.3 Å². The fraction of sp³-hybridized carbons (Fsp3) is 0.300. The Bertz CT molecular complexity index is 575. The molecule has 0 aliphatic carbocycles. The summed E-state index contributed by atoms with van der Waals surface area (Å²) in [7, 11) is 0. The van der Waals surface area contributed by atoms with Crippen LogP contribution in [0.1, 0.15) is 24.9 Å². The van der Waals surface area contributed by atoms with Gasteiger partial charge in [-0.15, -0.1) is 15.3 Å². The fourth-order valence-electron chi connectivity index (χ4n) is 1.31. The van der Waals surface area contributed by atoms with E-state index in [4.69, 9.17) is 9.52 Å². The Morgan fingerprint density at radius 3 is 3.00 bits per heavy atom. The summed E-state index contributed by atoms with van der Waals surface area (Å²) in [5.41, 5.74) is 0.819. The normalized spacial score (nSPS) is 11.2. The highest BCUT2D eigenvalue weighted by molar-refractivity contribution is 7.09. The van der Waals surface area contributed by atoms with Crippen LogP contribution in [0.25, 0.3) is 16.8 Å². The van der Waals surface area contributed by atoms with E-state index in [9.17, 15) is 4.79 Å². The van der Waals surface area contributed by atoms with Crippen molar-refractivity contribution in [2.24, 2.45) is 0 Å². The zero-order chi connectivity index (χ0) is 13.0. The second-order valence-corrected chi connectivity index (χ2v) is 4.17. The minimum Gasteiger partial charge on any atom is -0.478 e. The maximum atomic E-state index is 10.4. The van der Waals surface area contributed by atoms with Gasteiger partial charge in [0.25, 0.3) is 5.89 Å². The van der Waals surface area contributed by atoms with Crippen LogP contribution >= 0.6 is 11.5 Å². The number of hydrogen-bond acceptors (Lipinski definition) is 7. The lowest BCUT2D eigenvalue weighted by molar-refractivity contribution is -0.131. The van der Waals surface area contributed by atoms with E-state index in [0.717, 1.165) is 29.5 Å². The number of hydrogen-bond donors (Lipinski definition) is 1. The van der Waals surface area contributed by atoms with Crippen LogP contribution in [0.2, 0.25) is 0 Å². The lowest BCUT2D eigenvalue weighted by Gasteiger charge is -1.92. The third-order valence-corrected chi connectivity index (χ3v) is 2.80. The number of rotatable bonds is 5. The molecule has 0 saturated carbocycles. The maximum absolute atomic E-state index is 10.4. The molecule has 0 atom stereocenters. The van der Waals surface area contributed by atoms with Gasteiger partial charge in [0.15, 0.2) is 0 Å². The van der Waals surface area contributed by atoms with Crippen LogP contribution in [0.3, 0.4) is 0 Å². The second kappa shape index (κ2) is 5.50. The van der Waals surface area contributed by atoms with Crippen molar-refractivity contribution in [1.82, 2.24) is 19.8 Å². The first kappa shape index (κ1) is 12.4. The number of carbonyl (C=O) groups is 1. The van der Waals surface area contributed by atoms with Gasteiger partial charge in [0.1, 0.15) is 4.88 Å². The average Bonchev–Trinajstić information content (AvgIpc) is 2.94. The molecule has 0 amide bonds. The molecule has 0 aliphatic heterocycles. The highest BCUT2D eigenvalue weighted by Crippen LogP contribution is 2.25. The van der Waals surface area contributed by atoms with Gasteiger partial charge in [0.2, 0.25) is 5.89 Å². The summed E-state index contributed by atoms with van der Waals surface area (Å²) in [6, 6.07) is 0. The Kier molecular flexibility index (Phi) is 3.78. The summed E-state index contributed by atoms with van der Waals surface area (Å²) >= 11 is 1.18. The van der Waals surface area contributed by atoms with Gasteiger partial charge in [0, 0.05) is 12.2 Å². The average molecular weight is 266 g/mol. The molecule has 2 rings (SSSR count). The number of nitrogens with zero attached hydrogens (tertiary/aromatic N) is 4. The van der Waals surface area contributed by atoms with Gasteiger partial charge in [-0.2, -0.15) is 0 Å². The third kappa shape index (κ3) is 2.77. The summed E-state index contributed by atoms with van der Waals surface area (Å²) < 4.78 is 9.18. The summed E-state index contributed by atoms with van der Waals surface area (Å²) in [4.78, 5) is 11.1. The molecule has 94 valence electrons. The minimum absolute atomic E-state index is 0.142. The molecule has 0 aliphatic rings. The molecule has 0 spiro atoms. The van der Waals surface area contributed by atoms with Crippen molar-refractivity contribution in [2.75, 3.05) is 0 Å². The molecule has 0 fully saturated rings. The van der Waals surface area contributed by atoms with Crippen LogP contribution in [0.15, 0.2) is 10.5 Å². The van der Waals surface area contributed by atoms with E-state index >= 15 is 0 Å². The van der Waals surface area contributed by atoms with Gasteiger partial charge in [-0.3, -0.25) is 0 Å². The molecule has 0 bridgehead atoms. The van der Waals surface area contributed by atoms with Gasteiger partial charge in [-0.25, -0.2) is 4.79 Å². The van der Waals surface area contributed by atoms with Crippen LogP contribution < -0.4 is 0 Å². The highest BCUT2D eigenvalue weighted by Gasteiger charge is 2.15. The zero-order valence-corrected chi connectivity index (χ0v) is 10.3. The van der Waals surface area contributed by atoms with E-state index in [1.165, 1.54) is 17.6 Å². The monoisotopic (exact) mass is 266 g/mol. The first-order chi connectivity index (χ1) is 8.70. The Hall–Kier alpha value is -2.09. The van der Waals surface area contributed by atoms with Crippen LogP contribution in [0, 0.1) is 0 Å². The van der Waals surface area contributed by atoms with Gasteiger partial charge in [-0.05, 0) is 18.0 Å². The smallest absolute Gasteiger partial charge is 0.328 e. The largest absolute Gasteiger partial charge is 0.478 e. The van der Waals surface area contributed by atoms with Gasteiger partial charge in [-0.1, -0.05) is 17.8 Å². The van der Waals surface area contributed by atoms with E-state index in [1.807, 2.05) is 6.92 Å².